The molecule has 2 aromatic heterocycles. The van der Waals surface area contributed by atoms with Crippen molar-refractivity contribution in [3.8, 4) is 0 Å². The van der Waals surface area contributed by atoms with Gasteiger partial charge in [0.2, 0.25) is 0 Å². The molecule has 1 atom stereocenters. The fourth-order valence-corrected chi connectivity index (χ4v) is 4.40. The molecule has 4 nitrogen and oxygen atoms in total. The van der Waals surface area contributed by atoms with Crippen molar-refractivity contribution in [3.05, 3.63) is 27.2 Å². The molecule has 0 aliphatic carbocycles. The largest absolute Gasteiger partial charge is 0.343 e. The third-order valence-corrected chi connectivity index (χ3v) is 5.51. The third-order valence-electron chi connectivity index (χ3n) is 3.61. The summed E-state index contributed by atoms with van der Waals surface area (Å²) in [6.45, 7) is 10.7. The number of nitrogens with zero attached hydrogens (tertiary/aromatic N) is 4. The topological polar surface area (TPSA) is 32.3 Å². The normalized spacial score (nSPS) is 20.6. The quantitative estimate of drug-likeness (QED) is 0.873. The van der Waals surface area contributed by atoms with Crippen LogP contribution >= 0.6 is 22.7 Å². The van der Waals surface area contributed by atoms with Gasteiger partial charge in [0.1, 0.15) is 0 Å². The molecule has 20 heavy (non-hydrogen) atoms. The molecular weight excluding hydrogens is 288 g/mol. The predicted octanol–water partition coefficient (Wildman–Crippen LogP) is 2.93. The Balaban J connectivity index is 1.62. The SMILES string of the molecule is Cc1csc(N2CCN(Cc3cnc(C)s3)C[C@@H]2C)n1. The lowest BCUT2D eigenvalue weighted by Crippen LogP contribution is -2.51. The van der Waals surface area contributed by atoms with E-state index in [1.807, 2.05) is 6.20 Å². The molecule has 0 spiro atoms. The third kappa shape index (κ3) is 3.02. The Morgan fingerprint density at radius 3 is 2.80 bits per heavy atom. The molecular formula is C14H20N4S2. The molecule has 108 valence electrons. The molecule has 0 unspecified atom stereocenters. The van der Waals surface area contributed by atoms with E-state index in [0.29, 0.717) is 6.04 Å². The van der Waals surface area contributed by atoms with E-state index in [9.17, 15) is 0 Å². The van der Waals surface area contributed by atoms with Crippen LogP contribution in [0.1, 0.15) is 22.5 Å². The van der Waals surface area contributed by atoms with Crippen molar-refractivity contribution in [2.75, 3.05) is 24.5 Å². The summed E-state index contributed by atoms with van der Waals surface area (Å²) in [6.07, 6.45) is 2.02. The van der Waals surface area contributed by atoms with Gasteiger partial charge in [-0.3, -0.25) is 4.90 Å². The smallest absolute Gasteiger partial charge is 0.185 e. The molecule has 0 N–H and O–H groups in total. The van der Waals surface area contributed by atoms with Gasteiger partial charge in [0.15, 0.2) is 5.13 Å². The highest BCUT2D eigenvalue weighted by Crippen LogP contribution is 2.25. The van der Waals surface area contributed by atoms with Gasteiger partial charge >= 0.3 is 0 Å². The number of piperazine rings is 1. The summed E-state index contributed by atoms with van der Waals surface area (Å²) in [5.74, 6) is 0. The van der Waals surface area contributed by atoms with E-state index in [1.165, 1.54) is 10.0 Å². The molecule has 0 bridgehead atoms. The van der Waals surface area contributed by atoms with Crippen molar-refractivity contribution >= 4 is 27.8 Å². The van der Waals surface area contributed by atoms with Crippen molar-refractivity contribution in [2.24, 2.45) is 0 Å². The lowest BCUT2D eigenvalue weighted by Gasteiger charge is -2.39. The van der Waals surface area contributed by atoms with E-state index in [2.05, 4.69) is 45.9 Å². The summed E-state index contributed by atoms with van der Waals surface area (Å²) in [4.78, 5) is 15.3. The maximum Gasteiger partial charge on any atom is 0.185 e. The molecule has 2 aromatic rings. The summed E-state index contributed by atoms with van der Waals surface area (Å²) in [5, 5.41) is 4.46. The van der Waals surface area contributed by atoms with Gasteiger partial charge in [-0.25, -0.2) is 9.97 Å². The first-order valence-electron chi connectivity index (χ1n) is 6.94. The second-order valence-electron chi connectivity index (χ2n) is 5.39. The molecule has 0 saturated carbocycles. The van der Waals surface area contributed by atoms with Gasteiger partial charge in [-0.05, 0) is 20.8 Å². The minimum absolute atomic E-state index is 0.517. The van der Waals surface area contributed by atoms with Crippen LogP contribution < -0.4 is 4.90 Å². The maximum atomic E-state index is 4.62. The zero-order valence-electron chi connectivity index (χ0n) is 12.2. The molecule has 1 saturated heterocycles. The molecule has 0 aromatic carbocycles. The minimum atomic E-state index is 0.517. The number of aryl methyl sites for hydroxylation is 2. The van der Waals surface area contributed by atoms with Gasteiger partial charge in [0.05, 0.1) is 10.7 Å². The number of thiazole rings is 2. The standard InChI is InChI=1S/C14H20N4S2/c1-10-9-19-14(16-10)18-5-4-17(7-11(18)2)8-13-6-15-12(3)20-13/h6,9,11H,4-5,7-8H2,1-3H3/t11-/m0/s1. The minimum Gasteiger partial charge on any atom is -0.343 e. The van der Waals surface area contributed by atoms with Crippen LogP contribution in [0.4, 0.5) is 5.13 Å². The van der Waals surface area contributed by atoms with Crippen LogP contribution in [0.15, 0.2) is 11.6 Å². The molecule has 0 radical (unpaired) electrons. The van der Waals surface area contributed by atoms with Crippen LogP contribution in [0, 0.1) is 13.8 Å². The Kier molecular flexibility index (Phi) is 4.05. The van der Waals surface area contributed by atoms with Crippen LogP contribution in [0.3, 0.4) is 0 Å². The summed E-state index contributed by atoms with van der Waals surface area (Å²) in [6, 6.07) is 0.517. The highest BCUT2D eigenvalue weighted by Gasteiger charge is 2.25. The van der Waals surface area contributed by atoms with E-state index in [-0.39, 0.29) is 0 Å². The zero-order valence-corrected chi connectivity index (χ0v) is 13.8. The molecule has 1 aliphatic heterocycles. The zero-order chi connectivity index (χ0) is 14.1. The van der Waals surface area contributed by atoms with Crippen LogP contribution in [0.5, 0.6) is 0 Å². The molecule has 1 fully saturated rings. The molecule has 0 amide bonds. The fourth-order valence-electron chi connectivity index (χ4n) is 2.63. The van der Waals surface area contributed by atoms with Crippen LogP contribution in [-0.2, 0) is 6.54 Å². The van der Waals surface area contributed by atoms with Crippen molar-refractivity contribution in [1.82, 2.24) is 14.9 Å². The Bertz CT molecular complexity index is 577. The lowest BCUT2D eigenvalue weighted by atomic mass is 10.2. The average Bonchev–Trinajstić information content (AvgIpc) is 2.99. The van der Waals surface area contributed by atoms with Gasteiger partial charge in [0, 0.05) is 48.7 Å². The van der Waals surface area contributed by atoms with Crippen molar-refractivity contribution in [2.45, 2.75) is 33.4 Å². The van der Waals surface area contributed by atoms with Gasteiger partial charge in [-0.15, -0.1) is 22.7 Å². The first-order chi connectivity index (χ1) is 9.61. The fraction of sp³-hybridized carbons (Fsp3) is 0.571. The second-order valence-corrected chi connectivity index (χ2v) is 7.55. The number of hydrogen-bond acceptors (Lipinski definition) is 6. The van der Waals surface area contributed by atoms with Gasteiger partial charge in [-0.2, -0.15) is 0 Å². The van der Waals surface area contributed by atoms with Crippen LogP contribution in [0.25, 0.3) is 0 Å². The van der Waals surface area contributed by atoms with E-state index < -0.39 is 0 Å². The average molecular weight is 308 g/mol. The Morgan fingerprint density at radius 1 is 1.35 bits per heavy atom. The first-order valence-corrected chi connectivity index (χ1v) is 8.64. The summed E-state index contributed by atoms with van der Waals surface area (Å²) >= 11 is 3.56. The van der Waals surface area contributed by atoms with Gasteiger partial charge < -0.3 is 4.90 Å². The number of rotatable bonds is 3. The highest BCUT2D eigenvalue weighted by atomic mass is 32.1. The summed E-state index contributed by atoms with van der Waals surface area (Å²) < 4.78 is 0. The van der Waals surface area contributed by atoms with Crippen molar-refractivity contribution < 1.29 is 0 Å². The van der Waals surface area contributed by atoms with Crippen LogP contribution in [0.2, 0.25) is 0 Å². The first kappa shape index (κ1) is 14.0. The van der Waals surface area contributed by atoms with Crippen LogP contribution in [-0.4, -0.2) is 40.5 Å². The molecule has 3 rings (SSSR count). The number of hydrogen-bond donors (Lipinski definition) is 0. The Hall–Kier alpha value is -0.980. The molecule has 3 heterocycles. The van der Waals surface area contributed by atoms with Gasteiger partial charge in [-0.1, -0.05) is 0 Å². The van der Waals surface area contributed by atoms with E-state index >= 15 is 0 Å². The molecule has 6 heteroatoms. The lowest BCUT2D eigenvalue weighted by molar-refractivity contribution is 0.222. The monoisotopic (exact) mass is 308 g/mol. The van der Waals surface area contributed by atoms with Crippen molar-refractivity contribution in [1.29, 1.82) is 0 Å². The Morgan fingerprint density at radius 2 is 2.20 bits per heavy atom. The summed E-state index contributed by atoms with van der Waals surface area (Å²) in [7, 11) is 0. The summed E-state index contributed by atoms with van der Waals surface area (Å²) in [5.41, 5.74) is 1.12. The van der Waals surface area contributed by atoms with E-state index in [1.54, 1.807) is 22.7 Å². The van der Waals surface area contributed by atoms with E-state index in [0.717, 1.165) is 36.9 Å². The van der Waals surface area contributed by atoms with Gasteiger partial charge in [0.25, 0.3) is 0 Å². The highest BCUT2D eigenvalue weighted by molar-refractivity contribution is 7.13. The molecule has 1 aliphatic rings. The van der Waals surface area contributed by atoms with Crippen molar-refractivity contribution in [3.63, 3.8) is 0 Å². The second kappa shape index (κ2) is 5.79. The number of anilines is 1. The Labute approximate surface area is 128 Å². The predicted molar refractivity (Wildman–Crippen MR) is 85.8 cm³/mol. The number of aromatic nitrogens is 2. The maximum absolute atomic E-state index is 4.62. The van der Waals surface area contributed by atoms with E-state index in [4.69, 9.17) is 0 Å².